The number of nitrogens with zero attached hydrogens (tertiary/aromatic N) is 3. The van der Waals surface area contributed by atoms with E-state index in [1.807, 2.05) is 18.2 Å². The number of aliphatic hydroxyl groups excluding tert-OH is 1. The van der Waals surface area contributed by atoms with Gasteiger partial charge in [0.2, 0.25) is 0 Å². The zero-order valence-electron chi connectivity index (χ0n) is 12.3. The lowest BCUT2D eigenvalue weighted by atomic mass is 10.2. The Labute approximate surface area is 134 Å². The Morgan fingerprint density at radius 3 is 2.77 bits per heavy atom. The van der Waals surface area contributed by atoms with Gasteiger partial charge in [-0.05, 0) is 12.5 Å². The molecule has 5 nitrogen and oxygen atoms in total. The number of nitrogens with one attached hydrogen (secondary N) is 1. The topological polar surface area (TPSA) is 61.3 Å². The smallest absolute Gasteiger partial charge is 0.153 e. The van der Waals surface area contributed by atoms with Crippen molar-refractivity contribution in [2.24, 2.45) is 0 Å². The van der Waals surface area contributed by atoms with E-state index in [1.54, 1.807) is 30.4 Å². The van der Waals surface area contributed by atoms with Gasteiger partial charge in [0.1, 0.15) is 5.82 Å². The first-order valence-corrected chi connectivity index (χ1v) is 8.00. The highest BCUT2D eigenvalue weighted by Gasteiger charge is 2.30. The summed E-state index contributed by atoms with van der Waals surface area (Å²) in [6.07, 6.45) is 5.02. The van der Waals surface area contributed by atoms with Crippen molar-refractivity contribution in [2.45, 2.75) is 12.4 Å². The molecule has 2 heterocycles. The number of rotatable bonds is 5. The molecule has 1 atom stereocenters. The average molecular weight is 314 g/mol. The van der Waals surface area contributed by atoms with Crippen LogP contribution >= 0.6 is 11.8 Å². The number of benzene rings is 1. The molecule has 0 fully saturated rings. The molecule has 114 valence electrons. The first-order chi connectivity index (χ1) is 10.8. The van der Waals surface area contributed by atoms with Crippen LogP contribution in [0.15, 0.2) is 54.6 Å². The van der Waals surface area contributed by atoms with Gasteiger partial charge in [-0.2, -0.15) is 0 Å². The fraction of sp³-hybridized carbons (Fsp3) is 0.250. The molecule has 0 saturated carbocycles. The van der Waals surface area contributed by atoms with Crippen LogP contribution in [0.3, 0.4) is 0 Å². The van der Waals surface area contributed by atoms with Crippen molar-refractivity contribution >= 4 is 22.5 Å². The maximum Gasteiger partial charge on any atom is 0.153 e. The van der Waals surface area contributed by atoms with Gasteiger partial charge < -0.3 is 15.3 Å². The number of aliphatic hydroxyl groups is 1. The number of hydrogen-bond acceptors (Lipinski definition) is 6. The molecule has 0 aliphatic carbocycles. The van der Waals surface area contributed by atoms with Crippen molar-refractivity contribution in [3.05, 3.63) is 60.2 Å². The summed E-state index contributed by atoms with van der Waals surface area (Å²) in [5, 5.41) is 12.7. The third-order valence-electron chi connectivity index (χ3n) is 3.48. The van der Waals surface area contributed by atoms with Crippen molar-refractivity contribution in [3.63, 3.8) is 0 Å². The Morgan fingerprint density at radius 2 is 2.09 bits per heavy atom. The van der Waals surface area contributed by atoms with Crippen molar-refractivity contribution in [2.75, 3.05) is 18.5 Å². The van der Waals surface area contributed by atoms with Gasteiger partial charge in [0.15, 0.2) is 5.50 Å². The zero-order valence-corrected chi connectivity index (χ0v) is 13.1. The number of aromatic nitrogens is 2. The van der Waals surface area contributed by atoms with Crippen LogP contribution in [-0.4, -0.2) is 38.6 Å². The van der Waals surface area contributed by atoms with Gasteiger partial charge in [0.05, 0.1) is 12.8 Å². The lowest BCUT2D eigenvalue weighted by molar-refractivity contribution is 0.228. The highest BCUT2D eigenvalue weighted by Crippen LogP contribution is 2.43. The summed E-state index contributed by atoms with van der Waals surface area (Å²) in [6, 6.07) is 10.3. The molecular formula is C16H18N4OS. The van der Waals surface area contributed by atoms with Crippen LogP contribution in [0.5, 0.6) is 0 Å². The van der Waals surface area contributed by atoms with E-state index in [0.717, 1.165) is 11.5 Å². The minimum Gasteiger partial charge on any atom is -0.395 e. The predicted molar refractivity (Wildman–Crippen MR) is 89.9 cm³/mol. The standard InChI is InChI=1S/C16H18N4OS/c1-12-15(13-5-3-2-4-6-13)22-16(20(12)9-10-21)19-14-11-17-7-8-18-14/h2-8,11,16,21H,9-10H2,1H3,(H,18,19). The Morgan fingerprint density at radius 1 is 1.27 bits per heavy atom. The molecular weight excluding hydrogens is 296 g/mol. The molecule has 1 aliphatic rings. The molecule has 22 heavy (non-hydrogen) atoms. The van der Waals surface area contributed by atoms with Crippen molar-refractivity contribution < 1.29 is 5.11 Å². The Bertz CT molecular complexity index is 648. The van der Waals surface area contributed by atoms with Crippen LogP contribution in [0, 0.1) is 0 Å². The summed E-state index contributed by atoms with van der Waals surface area (Å²) in [7, 11) is 0. The monoisotopic (exact) mass is 314 g/mol. The summed E-state index contributed by atoms with van der Waals surface area (Å²) < 4.78 is 0. The van der Waals surface area contributed by atoms with Crippen LogP contribution in [0.25, 0.3) is 4.91 Å². The molecule has 3 rings (SSSR count). The third-order valence-corrected chi connectivity index (χ3v) is 4.85. The Kier molecular flexibility index (Phi) is 4.60. The fourth-order valence-electron chi connectivity index (χ4n) is 2.43. The van der Waals surface area contributed by atoms with E-state index in [2.05, 4.69) is 39.2 Å². The Hall–Kier alpha value is -2.05. The number of allylic oxidation sites excluding steroid dienone is 1. The molecule has 1 aromatic heterocycles. The van der Waals surface area contributed by atoms with Crippen molar-refractivity contribution in [1.82, 2.24) is 14.9 Å². The van der Waals surface area contributed by atoms with Crippen LogP contribution in [0.1, 0.15) is 12.5 Å². The van der Waals surface area contributed by atoms with E-state index >= 15 is 0 Å². The van der Waals surface area contributed by atoms with E-state index in [9.17, 15) is 5.11 Å². The molecule has 1 aromatic carbocycles. The summed E-state index contributed by atoms with van der Waals surface area (Å²) in [6.45, 7) is 2.77. The normalized spacial score (nSPS) is 17.9. The van der Waals surface area contributed by atoms with Gasteiger partial charge in [-0.1, -0.05) is 42.1 Å². The molecule has 2 N–H and O–H groups in total. The maximum atomic E-state index is 9.36. The minimum atomic E-state index is -0.000874. The second-order valence-electron chi connectivity index (χ2n) is 4.90. The first kappa shape index (κ1) is 14.9. The fourth-order valence-corrected chi connectivity index (χ4v) is 3.79. The maximum absolute atomic E-state index is 9.36. The van der Waals surface area contributed by atoms with E-state index in [-0.39, 0.29) is 12.1 Å². The van der Waals surface area contributed by atoms with Gasteiger partial charge in [0.25, 0.3) is 0 Å². The van der Waals surface area contributed by atoms with Gasteiger partial charge in [-0.25, -0.2) is 4.98 Å². The number of hydrogen-bond donors (Lipinski definition) is 2. The number of β-amino-alcohol motifs (C(OH)–C–C–N with tert-alkyl or cyclic N) is 1. The highest BCUT2D eigenvalue weighted by atomic mass is 32.2. The quantitative estimate of drug-likeness (QED) is 0.884. The third kappa shape index (κ3) is 3.08. The van der Waals surface area contributed by atoms with Gasteiger partial charge >= 0.3 is 0 Å². The molecule has 0 radical (unpaired) electrons. The van der Waals surface area contributed by atoms with E-state index < -0.39 is 0 Å². The zero-order chi connectivity index (χ0) is 15.4. The predicted octanol–water partition coefficient (Wildman–Crippen LogP) is 2.60. The number of thioether (sulfide) groups is 1. The van der Waals surface area contributed by atoms with E-state index in [4.69, 9.17) is 0 Å². The van der Waals surface area contributed by atoms with E-state index in [1.165, 1.54) is 10.5 Å². The van der Waals surface area contributed by atoms with Gasteiger partial charge in [0, 0.05) is 29.5 Å². The lowest BCUT2D eigenvalue weighted by Gasteiger charge is -2.27. The second kappa shape index (κ2) is 6.81. The summed E-state index contributed by atoms with van der Waals surface area (Å²) in [4.78, 5) is 11.7. The molecule has 0 amide bonds. The molecule has 0 spiro atoms. The summed E-state index contributed by atoms with van der Waals surface area (Å²) in [5.74, 6) is 0.727. The number of anilines is 1. The van der Waals surface area contributed by atoms with Crippen LogP contribution in [0.4, 0.5) is 5.82 Å². The highest BCUT2D eigenvalue weighted by molar-refractivity contribution is 8.09. The van der Waals surface area contributed by atoms with Gasteiger partial charge in [-0.15, -0.1) is 0 Å². The molecule has 0 bridgehead atoms. The van der Waals surface area contributed by atoms with Crippen LogP contribution < -0.4 is 5.32 Å². The second-order valence-corrected chi connectivity index (χ2v) is 5.99. The summed E-state index contributed by atoms with van der Waals surface area (Å²) in [5.41, 5.74) is 2.35. The Balaban J connectivity index is 1.84. The van der Waals surface area contributed by atoms with Crippen molar-refractivity contribution in [1.29, 1.82) is 0 Å². The van der Waals surface area contributed by atoms with Crippen LogP contribution in [0.2, 0.25) is 0 Å². The molecule has 0 saturated heterocycles. The average Bonchev–Trinajstić information content (AvgIpc) is 2.86. The molecule has 6 heteroatoms. The lowest BCUT2D eigenvalue weighted by Crippen LogP contribution is -2.36. The van der Waals surface area contributed by atoms with Crippen LogP contribution in [-0.2, 0) is 0 Å². The minimum absolute atomic E-state index is 0.000874. The summed E-state index contributed by atoms with van der Waals surface area (Å²) >= 11 is 1.73. The van der Waals surface area contributed by atoms with Gasteiger partial charge in [-0.3, -0.25) is 4.98 Å². The SMILES string of the molecule is CC1=C(c2ccccc2)SC(Nc2cnccn2)N1CCO. The van der Waals surface area contributed by atoms with Crippen molar-refractivity contribution in [3.8, 4) is 0 Å². The first-order valence-electron chi connectivity index (χ1n) is 7.12. The van der Waals surface area contributed by atoms with E-state index in [0.29, 0.717) is 6.54 Å². The largest absolute Gasteiger partial charge is 0.395 e. The molecule has 1 aliphatic heterocycles. The molecule has 2 aromatic rings. The molecule has 1 unspecified atom stereocenters.